The Morgan fingerprint density at radius 1 is 0.478 bits per heavy atom. The predicted octanol–water partition coefficient (Wildman–Crippen LogP) is 5.49. The van der Waals surface area contributed by atoms with Crippen LogP contribution in [0.3, 0.4) is 0 Å². The molecule has 0 bridgehead atoms. The molecule has 0 amide bonds. The van der Waals surface area contributed by atoms with Crippen LogP contribution in [0.15, 0.2) is 0 Å². The SMILES string of the molecule is CCCCC[S-].CCCCC[S-].[CH]1[CH][CH][CH][CH]1.[CH]1[CH][CH][CH][CH]1.[Ti+2]. The molecule has 3 heteroatoms. The summed E-state index contributed by atoms with van der Waals surface area (Å²) in [6.45, 7) is 4.37. The van der Waals surface area contributed by atoms with Gasteiger partial charge in [-0.05, 0) is 64.2 Å². The van der Waals surface area contributed by atoms with Crippen LogP contribution in [0.2, 0.25) is 0 Å². The maximum Gasteiger partial charge on any atom is 2.00 e. The van der Waals surface area contributed by atoms with Crippen LogP contribution in [0, 0.1) is 64.2 Å². The van der Waals surface area contributed by atoms with Gasteiger partial charge < -0.3 is 25.3 Å². The van der Waals surface area contributed by atoms with Gasteiger partial charge in [-0.15, -0.1) is 0 Å². The second-order valence-electron chi connectivity index (χ2n) is 4.75. The summed E-state index contributed by atoms with van der Waals surface area (Å²) in [6.07, 6.45) is 27.7. The molecule has 0 aromatic rings. The summed E-state index contributed by atoms with van der Waals surface area (Å²) in [5.74, 6) is 1.88. The molecule has 0 atom stereocenters. The topological polar surface area (TPSA) is 0 Å². The van der Waals surface area contributed by atoms with E-state index in [4.69, 9.17) is 25.3 Å². The molecule has 10 radical (unpaired) electrons. The molecule has 0 heterocycles. The number of unbranched alkanes of at least 4 members (excludes halogenated alkanes) is 4. The van der Waals surface area contributed by atoms with E-state index in [1.54, 1.807) is 0 Å². The van der Waals surface area contributed by atoms with Crippen LogP contribution in [-0.4, -0.2) is 11.5 Å². The third-order valence-electron chi connectivity index (χ3n) is 2.61. The fourth-order valence-electron chi connectivity index (χ4n) is 1.35. The molecular formula is C20H32S2Ti. The van der Waals surface area contributed by atoms with Crippen LogP contribution < -0.4 is 0 Å². The summed E-state index contributed by atoms with van der Waals surface area (Å²) in [6, 6.07) is 0. The third-order valence-corrected chi connectivity index (χ3v) is 3.18. The van der Waals surface area contributed by atoms with E-state index in [-0.39, 0.29) is 21.7 Å². The van der Waals surface area contributed by atoms with E-state index in [9.17, 15) is 0 Å². The molecule has 0 aromatic carbocycles. The van der Waals surface area contributed by atoms with Gasteiger partial charge in [0.1, 0.15) is 0 Å². The Kier molecular flexibility index (Phi) is 39.6. The second-order valence-corrected chi connectivity index (χ2v) is 5.56. The van der Waals surface area contributed by atoms with Gasteiger partial charge in [-0.25, -0.2) is 0 Å². The molecule has 0 N–H and O–H groups in total. The standard InChI is InChI=1S/2C5H12S.2C5H5.Ti/c2*1-2-3-4-5-6;2*1-2-4-5-3-1;/h2*6H,2-5H2,1H3;2*1-5H;/q;;;;+2/p-2. The Balaban J connectivity index is -0.000000229. The van der Waals surface area contributed by atoms with Gasteiger partial charge in [0.25, 0.3) is 0 Å². The molecule has 2 fully saturated rings. The normalized spacial score (nSPS) is 15.1. The Bertz CT molecular complexity index is 117. The third kappa shape index (κ3) is 35.4. The molecule has 0 unspecified atom stereocenters. The van der Waals surface area contributed by atoms with E-state index in [0.717, 1.165) is 11.5 Å². The van der Waals surface area contributed by atoms with E-state index in [0.29, 0.717) is 0 Å². The average Bonchev–Trinajstić information content (AvgIpc) is 3.29. The molecule has 2 aliphatic carbocycles. The van der Waals surface area contributed by atoms with Crippen LogP contribution in [0.4, 0.5) is 0 Å². The molecule has 0 nitrogen and oxygen atoms in total. The van der Waals surface area contributed by atoms with E-state index < -0.39 is 0 Å². The molecule has 2 aliphatic rings. The minimum absolute atomic E-state index is 0. The van der Waals surface area contributed by atoms with E-state index in [1.807, 2.05) is 64.2 Å². The zero-order chi connectivity index (χ0) is 16.7. The summed E-state index contributed by atoms with van der Waals surface area (Å²) >= 11 is 9.43. The maximum absolute atomic E-state index is 4.72. The van der Waals surface area contributed by atoms with Crippen molar-refractivity contribution in [2.24, 2.45) is 0 Å². The summed E-state index contributed by atoms with van der Waals surface area (Å²) < 4.78 is 0. The number of hydrogen-bond acceptors (Lipinski definition) is 2. The van der Waals surface area contributed by atoms with Crippen molar-refractivity contribution < 1.29 is 21.7 Å². The van der Waals surface area contributed by atoms with Crippen molar-refractivity contribution in [3.63, 3.8) is 0 Å². The van der Waals surface area contributed by atoms with Crippen molar-refractivity contribution in [2.75, 3.05) is 11.5 Å². The van der Waals surface area contributed by atoms with Gasteiger partial charge in [-0.2, -0.15) is 11.5 Å². The minimum atomic E-state index is 0. The van der Waals surface area contributed by atoms with Gasteiger partial charge in [-0.1, -0.05) is 52.4 Å². The first-order valence-electron chi connectivity index (χ1n) is 8.32. The molecule has 0 saturated heterocycles. The molecule has 128 valence electrons. The van der Waals surface area contributed by atoms with Crippen LogP contribution in [0.25, 0.3) is 0 Å². The van der Waals surface area contributed by atoms with E-state index in [2.05, 4.69) is 13.8 Å². The minimum Gasteiger partial charge on any atom is -0.793 e. The van der Waals surface area contributed by atoms with E-state index >= 15 is 0 Å². The molecule has 0 aromatic heterocycles. The van der Waals surface area contributed by atoms with Crippen LogP contribution in [-0.2, 0) is 47.0 Å². The summed E-state index contributed by atoms with van der Waals surface area (Å²) in [4.78, 5) is 0. The van der Waals surface area contributed by atoms with Crippen LogP contribution in [0.5, 0.6) is 0 Å². The zero-order valence-electron chi connectivity index (χ0n) is 14.7. The first-order chi connectivity index (χ1) is 10.8. The van der Waals surface area contributed by atoms with Crippen molar-refractivity contribution in [3.8, 4) is 0 Å². The van der Waals surface area contributed by atoms with Gasteiger partial charge in [-0.3, -0.25) is 0 Å². The molecular weight excluding hydrogens is 352 g/mol. The molecule has 0 spiro atoms. The first-order valence-corrected chi connectivity index (χ1v) is 9.48. The van der Waals surface area contributed by atoms with Gasteiger partial charge in [0, 0.05) is 0 Å². The Labute approximate surface area is 174 Å². The molecule has 2 rings (SSSR count). The molecule has 2 saturated carbocycles. The van der Waals surface area contributed by atoms with Gasteiger partial charge >= 0.3 is 21.7 Å². The average molecular weight is 384 g/mol. The second kappa shape index (κ2) is 31.2. The maximum atomic E-state index is 4.72. The van der Waals surface area contributed by atoms with Gasteiger partial charge in [0.2, 0.25) is 0 Å². The van der Waals surface area contributed by atoms with Gasteiger partial charge in [0.15, 0.2) is 0 Å². The summed E-state index contributed by atoms with van der Waals surface area (Å²) in [5.41, 5.74) is 0. The monoisotopic (exact) mass is 384 g/mol. The van der Waals surface area contributed by atoms with Crippen molar-refractivity contribution >= 4 is 25.3 Å². The van der Waals surface area contributed by atoms with Crippen LogP contribution in [0.1, 0.15) is 52.4 Å². The van der Waals surface area contributed by atoms with E-state index in [1.165, 1.54) is 38.5 Å². The van der Waals surface area contributed by atoms with Crippen molar-refractivity contribution in [3.05, 3.63) is 64.2 Å². The summed E-state index contributed by atoms with van der Waals surface area (Å²) in [5, 5.41) is 0. The molecule has 23 heavy (non-hydrogen) atoms. The van der Waals surface area contributed by atoms with Crippen molar-refractivity contribution in [1.82, 2.24) is 0 Å². The first kappa shape index (κ1) is 29.2. The van der Waals surface area contributed by atoms with Crippen LogP contribution >= 0.6 is 0 Å². The predicted molar refractivity (Wildman–Crippen MR) is 107 cm³/mol. The fraction of sp³-hybridized carbons (Fsp3) is 0.500. The smallest absolute Gasteiger partial charge is 0.793 e. The zero-order valence-corrected chi connectivity index (χ0v) is 17.9. The van der Waals surface area contributed by atoms with Crippen molar-refractivity contribution in [1.29, 1.82) is 0 Å². The molecule has 0 aliphatic heterocycles. The number of hydrogen-bond donors (Lipinski definition) is 0. The van der Waals surface area contributed by atoms with Crippen molar-refractivity contribution in [2.45, 2.75) is 52.4 Å². The Morgan fingerprint density at radius 2 is 0.696 bits per heavy atom. The summed E-state index contributed by atoms with van der Waals surface area (Å²) in [7, 11) is 0. The Hall–Kier alpha value is 1.41. The number of rotatable bonds is 6. The van der Waals surface area contributed by atoms with Gasteiger partial charge in [0.05, 0.1) is 0 Å². The fourth-order valence-corrected chi connectivity index (χ4v) is 1.75. The Morgan fingerprint density at radius 3 is 0.783 bits per heavy atom. The largest absolute Gasteiger partial charge is 2.00 e. The quantitative estimate of drug-likeness (QED) is 0.338.